The van der Waals surface area contributed by atoms with Crippen LogP contribution in [0.5, 0.6) is 0 Å². The lowest BCUT2D eigenvalue weighted by molar-refractivity contribution is 0.192. The van der Waals surface area contributed by atoms with Gasteiger partial charge < -0.3 is 9.52 Å². The minimum absolute atomic E-state index is 0.519. The molecule has 0 aliphatic heterocycles. The van der Waals surface area contributed by atoms with E-state index in [0.29, 0.717) is 5.76 Å². The molecule has 2 heterocycles. The first-order valence-electron chi connectivity index (χ1n) is 8.91. The van der Waals surface area contributed by atoms with E-state index in [2.05, 4.69) is 0 Å². The monoisotopic (exact) mass is 351 g/mol. The van der Waals surface area contributed by atoms with Crippen molar-refractivity contribution in [3.63, 3.8) is 0 Å². The molecule has 0 aliphatic rings. The number of fused-ring (bicyclic) bond motifs is 2. The van der Waals surface area contributed by atoms with Crippen molar-refractivity contribution >= 4 is 21.9 Å². The average Bonchev–Trinajstić information content (AvgIpc) is 3.17. The van der Waals surface area contributed by atoms with Crippen LogP contribution in [0, 0.1) is 0 Å². The fraction of sp³-hybridized carbons (Fsp3) is 0.0417. The molecule has 5 aromatic rings. The average molecular weight is 351 g/mol. The molecule has 1 unspecified atom stereocenters. The number of benzene rings is 3. The molecular weight excluding hydrogens is 334 g/mol. The van der Waals surface area contributed by atoms with Crippen LogP contribution in [-0.2, 0) is 0 Å². The van der Waals surface area contributed by atoms with Gasteiger partial charge in [0.1, 0.15) is 17.4 Å². The molecule has 0 spiro atoms. The molecule has 2 aromatic heterocycles. The standard InChI is InChI=1S/C24H17NO2/c26-24(22-15-18-11-5-7-13-21(18)27-22)19-14-17-10-4-6-12-20(17)25-23(19)16-8-2-1-3-9-16/h1-15,24,26H. The fourth-order valence-electron chi connectivity index (χ4n) is 3.46. The molecule has 1 atom stereocenters. The lowest BCUT2D eigenvalue weighted by atomic mass is 9.98. The van der Waals surface area contributed by atoms with Crippen LogP contribution in [0.3, 0.4) is 0 Å². The van der Waals surface area contributed by atoms with Crippen LogP contribution in [0.4, 0.5) is 0 Å². The van der Waals surface area contributed by atoms with Crippen molar-refractivity contribution in [3.05, 3.63) is 102 Å². The zero-order chi connectivity index (χ0) is 18.2. The second-order valence-electron chi connectivity index (χ2n) is 6.57. The van der Waals surface area contributed by atoms with Gasteiger partial charge in [0.15, 0.2) is 0 Å². The van der Waals surface area contributed by atoms with Crippen LogP contribution in [0.15, 0.2) is 95.4 Å². The largest absolute Gasteiger partial charge is 0.458 e. The number of aliphatic hydroxyl groups excluding tert-OH is 1. The number of para-hydroxylation sites is 2. The maximum absolute atomic E-state index is 11.2. The summed E-state index contributed by atoms with van der Waals surface area (Å²) in [6, 6.07) is 29.5. The molecule has 0 fully saturated rings. The highest BCUT2D eigenvalue weighted by Crippen LogP contribution is 2.35. The van der Waals surface area contributed by atoms with E-state index in [9.17, 15) is 5.11 Å². The Balaban J connectivity index is 1.72. The minimum Gasteiger partial charge on any atom is -0.458 e. The highest BCUT2D eigenvalue weighted by atomic mass is 16.4. The molecule has 130 valence electrons. The summed E-state index contributed by atoms with van der Waals surface area (Å²) in [5.41, 5.74) is 4.13. The van der Waals surface area contributed by atoms with Gasteiger partial charge in [-0.05, 0) is 24.3 Å². The molecule has 0 bridgehead atoms. The summed E-state index contributed by atoms with van der Waals surface area (Å²) in [6.45, 7) is 0. The van der Waals surface area contributed by atoms with Gasteiger partial charge in [-0.2, -0.15) is 0 Å². The summed E-state index contributed by atoms with van der Waals surface area (Å²) in [6.07, 6.45) is -0.898. The van der Waals surface area contributed by atoms with Crippen molar-refractivity contribution in [3.8, 4) is 11.3 Å². The number of pyridine rings is 1. The topological polar surface area (TPSA) is 46.3 Å². The van der Waals surface area contributed by atoms with Crippen LogP contribution in [0.25, 0.3) is 33.1 Å². The normalized spacial score (nSPS) is 12.5. The zero-order valence-electron chi connectivity index (χ0n) is 14.5. The van der Waals surface area contributed by atoms with Crippen molar-refractivity contribution in [2.75, 3.05) is 0 Å². The summed E-state index contributed by atoms with van der Waals surface area (Å²) in [5, 5.41) is 13.1. The van der Waals surface area contributed by atoms with E-state index in [1.807, 2.05) is 91.0 Å². The van der Waals surface area contributed by atoms with Crippen LogP contribution in [0.2, 0.25) is 0 Å². The smallest absolute Gasteiger partial charge is 0.139 e. The van der Waals surface area contributed by atoms with Gasteiger partial charge in [0.2, 0.25) is 0 Å². The molecular formula is C24H17NO2. The van der Waals surface area contributed by atoms with Crippen molar-refractivity contribution in [2.45, 2.75) is 6.10 Å². The van der Waals surface area contributed by atoms with Crippen molar-refractivity contribution in [1.82, 2.24) is 4.98 Å². The minimum atomic E-state index is -0.898. The highest BCUT2D eigenvalue weighted by Gasteiger charge is 2.21. The SMILES string of the molecule is OC(c1cc2ccccc2o1)c1cc2ccccc2nc1-c1ccccc1. The van der Waals surface area contributed by atoms with Gasteiger partial charge in [-0.3, -0.25) is 0 Å². The van der Waals surface area contributed by atoms with Gasteiger partial charge in [0, 0.05) is 21.9 Å². The fourth-order valence-corrected chi connectivity index (χ4v) is 3.46. The third-order valence-corrected chi connectivity index (χ3v) is 4.81. The molecule has 3 aromatic carbocycles. The third-order valence-electron chi connectivity index (χ3n) is 4.81. The van der Waals surface area contributed by atoms with Gasteiger partial charge in [0.05, 0.1) is 11.2 Å². The Labute approximate surface area is 156 Å². The van der Waals surface area contributed by atoms with E-state index in [0.717, 1.165) is 38.7 Å². The zero-order valence-corrected chi connectivity index (χ0v) is 14.5. The predicted octanol–water partition coefficient (Wildman–Crippen LogP) is 5.73. The van der Waals surface area contributed by atoms with Crippen LogP contribution in [0.1, 0.15) is 17.4 Å². The predicted molar refractivity (Wildman–Crippen MR) is 107 cm³/mol. The molecule has 0 radical (unpaired) electrons. The van der Waals surface area contributed by atoms with Crippen LogP contribution in [-0.4, -0.2) is 10.1 Å². The second kappa shape index (κ2) is 6.38. The van der Waals surface area contributed by atoms with Gasteiger partial charge >= 0.3 is 0 Å². The van der Waals surface area contributed by atoms with E-state index in [-0.39, 0.29) is 0 Å². The van der Waals surface area contributed by atoms with Gasteiger partial charge in [0.25, 0.3) is 0 Å². The maximum Gasteiger partial charge on any atom is 0.139 e. The molecule has 0 saturated heterocycles. The van der Waals surface area contributed by atoms with E-state index in [4.69, 9.17) is 9.40 Å². The lowest BCUT2D eigenvalue weighted by Crippen LogP contribution is -2.03. The summed E-state index contributed by atoms with van der Waals surface area (Å²) < 4.78 is 5.91. The molecule has 1 N–H and O–H groups in total. The molecule has 3 nitrogen and oxygen atoms in total. The van der Waals surface area contributed by atoms with E-state index in [1.165, 1.54) is 0 Å². The van der Waals surface area contributed by atoms with Crippen LogP contribution >= 0.6 is 0 Å². The Morgan fingerprint density at radius 1 is 0.741 bits per heavy atom. The summed E-state index contributed by atoms with van der Waals surface area (Å²) in [4.78, 5) is 4.84. The number of aliphatic hydroxyl groups is 1. The number of nitrogens with zero attached hydrogens (tertiary/aromatic N) is 1. The Morgan fingerprint density at radius 2 is 1.44 bits per heavy atom. The van der Waals surface area contributed by atoms with Crippen molar-refractivity contribution < 1.29 is 9.52 Å². The van der Waals surface area contributed by atoms with Crippen molar-refractivity contribution in [2.24, 2.45) is 0 Å². The van der Waals surface area contributed by atoms with E-state index < -0.39 is 6.10 Å². The lowest BCUT2D eigenvalue weighted by Gasteiger charge is -2.15. The number of hydrogen-bond acceptors (Lipinski definition) is 3. The Bertz CT molecular complexity index is 1210. The molecule has 27 heavy (non-hydrogen) atoms. The number of hydrogen-bond donors (Lipinski definition) is 1. The van der Waals surface area contributed by atoms with Gasteiger partial charge in [-0.1, -0.05) is 66.7 Å². The number of rotatable bonds is 3. The van der Waals surface area contributed by atoms with E-state index in [1.54, 1.807) is 0 Å². The molecule has 3 heteroatoms. The number of furan rings is 1. The molecule has 0 amide bonds. The van der Waals surface area contributed by atoms with Crippen LogP contribution < -0.4 is 0 Å². The first kappa shape index (κ1) is 15.8. The first-order chi connectivity index (χ1) is 13.3. The molecule has 0 saturated carbocycles. The summed E-state index contributed by atoms with van der Waals surface area (Å²) in [7, 11) is 0. The maximum atomic E-state index is 11.2. The van der Waals surface area contributed by atoms with Crippen molar-refractivity contribution in [1.29, 1.82) is 0 Å². The Morgan fingerprint density at radius 3 is 2.26 bits per heavy atom. The van der Waals surface area contributed by atoms with E-state index >= 15 is 0 Å². The second-order valence-corrected chi connectivity index (χ2v) is 6.57. The quantitative estimate of drug-likeness (QED) is 0.451. The summed E-state index contributed by atoms with van der Waals surface area (Å²) in [5.74, 6) is 0.519. The molecule has 5 rings (SSSR count). The Hall–Kier alpha value is -3.43. The number of aromatic nitrogens is 1. The van der Waals surface area contributed by atoms with Gasteiger partial charge in [-0.15, -0.1) is 0 Å². The summed E-state index contributed by atoms with van der Waals surface area (Å²) >= 11 is 0. The molecule has 0 aliphatic carbocycles. The first-order valence-corrected chi connectivity index (χ1v) is 8.91. The Kier molecular flexibility index (Phi) is 3.73. The highest BCUT2D eigenvalue weighted by molar-refractivity contribution is 5.84. The van der Waals surface area contributed by atoms with Gasteiger partial charge in [-0.25, -0.2) is 4.98 Å². The third kappa shape index (κ3) is 2.78.